The molecule has 1 rings (SSSR count). The van der Waals surface area contributed by atoms with E-state index in [0.717, 1.165) is 0 Å². The van der Waals surface area contributed by atoms with Gasteiger partial charge >= 0.3 is 0 Å². The number of carbonyl (C=O) groups excluding carboxylic acids is 1. The lowest BCUT2D eigenvalue weighted by molar-refractivity contribution is 0.0991. The van der Waals surface area contributed by atoms with Gasteiger partial charge in [-0.15, -0.1) is 11.6 Å². The number of Topliss-reactive ketones (excluding diaryl/α,β-unsaturated/α-hetero) is 1. The lowest BCUT2D eigenvalue weighted by Gasteiger charge is -2.05. The quantitative estimate of drug-likeness (QED) is 0.609. The number of rotatable bonds is 3. The van der Waals surface area contributed by atoms with Gasteiger partial charge in [-0.05, 0) is 24.6 Å². The molecule has 0 spiro atoms. The lowest BCUT2D eigenvalue weighted by atomic mass is 10.1. The molecule has 0 saturated heterocycles. The van der Waals surface area contributed by atoms with Crippen molar-refractivity contribution in [3.63, 3.8) is 0 Å². The molecule has 1 aromatic carbocycles. The standard InChI is InChI=1S/C10H9BrClFO/c1-6(12)10(14)7-2-3-9(11)8(4-7)5-13/h2-4,6H,5H2,1H3. The third-order valence-corrected chi connectivity index (χ3v) is 2.81. The van der Waals surface area contributed by atoms with E-state index in [9.17, 15) is 9.18 Å². The summed E-state index contributed by atoms with van der Waals surface area (Å²) in [4.78, 5) is 11.5. The van der Waals surface area contributed by atoms with E-state index < -0.39 is 12.1 Å². The first-order chi connectivity index (χ1) is 6.56. The summed E-state index contributed by atoms with van der Waals surface area (Å²) >= 11 is 8.84. The van der Waals surface area contributed by atoms with Gasteiger partial charge in [-0.2, -0.15) is 0 Å². The van der Waals surface area contributed by atoms with Crippen molar-refractivity contribution < 1.29 is 9.18 Å². The van der Waals surface area contributed by atoms with Gasteiger partial charge in [0.2, 0.25) is 0 Å². The Morgan fingerprint density at radius 3 is 2.79 bits per heavy atom. The van der Waals surface area contributed by atoms with E-state index in [4.69, 9.17) is 11.6 Å². The van der Waals surface area contributed by atoms with Crippen LogP contribution in [0.4, 0.5) is 4.39 Å². The molecule has 4 heteroatoms. The van der Waals surface area contributed by atoms with Crippen molar-refractivity contribution in [2.24, 2.45) is 0 Å². The number of halogens is 3. The van der Waals surface area contributed by atoms with Crippen LogP contribution < -0.4 is 0 Å². The number of ketones is 1. The first-order valence-electron chi connectivity index (χ1n) is 4.09. The fourth-order valence-corrected chi connectivity index (χ4v) is 1.54. The van der Waals surface area contributed by atoms with Crippen LogP contribution >= 0.6 is 27.5 Å². The van der Waals surface area contributed by atoms with Gasteiger partial charge in [-0.3, -0.25) is 4.79 Å². The van der Waals surface area contributed by atoms with Gasteiger partial charge in [0.15, 0.2) is 5.78 Å². The predicted molar refractivity (Wildman–Crippen MR) is 58.6 cm³/mol. The maximum absolute atomic E-state index is 12.5. The fraction of sp³-hybridized carbons (Fsp3) is 0.300. The van der Waals surface area contributed by atoms with Crippen molar-refractivity contribution in [1.82, 2.24) is 0 Å². The Kier molecular flexibility index (Phi) is 4.08. The molecular formula is C10H9BrClFO. The summed E-state index contributed by atoms with van der Waals surface area (Å²) < 4.78 is 13.1. The summed E-state index contributed by atoms with van der Waals surface area (Å²) in [5, 5.41) is -0.580. The molecule has 0 fully saturated rings. The third-order valence-electron chi connectivity index (χ3n) is 1.84. The van der Waals surface area contributed by atoms with Gasteiger partial charge in [0, 0.05) is 10.0 Å². The second kappa shape index (κ2) is 4.89. The SMILES string of the molecule is CC(Cl)C(=O)c1ccc(Br)c(CF)c1. The molecule has 1 atom stereocenters. The Bertz CT molecular complexity index is 352. The van der Waals surface area contributed by atoms with E-state index in [1.807, 2.05) is 0 Å². The largest absolute Gasteiger partial charge is 0.293 e. The second-order valence-corrected chi connectivity index (χ2v) is 4.43. The predicted octanol–water partition coefficient (Wildman–Crippen LogP) is 3.73. The van der Waals surface area contributed by atoms with Crippen LogP contribution in [0, 0.1) is 0 Å². The average molecular weight is 280 g/mol. The van der Waals surface area contributed by atoms with Crippen molar-refractivity contribution in [3.8, 4) is 0 Å². The number of alkyl halides is 2. The van der Waals surface area contributed by atoms with E-state index >= 15 is 0 Å². The molecule has 0 aliphatic rings. The highest BCUT2D eigenvalue weighted by atomic mass is 79.9. The molecular weight excluding hydrogens is 270 g/mol. The molecule has 0 aromatic heterocycles. The number of hydrogen-bond donors (Lipinski definition) is 0. The van der Waals surface area contributed by atoms with E-state index in [-0.39, 0.29) is 5.78 Å². The van der Waals surface area contributed by atoms with Crippen molar-refractivity contribution in [2.75, 3.05) is 0 Å². The highest BCUT2D eigenvalue weighted by Gasteiger charge is 2.13. The molecule has 0 aliphatic carbocycles. The Morgan fingerprint density at radius 1 is 1.64 bits per heavy atom. The van der Waals surface area contributed by atoms with Gasteiger partial charge in [0.25, 0.3) is 0 Å². The Balaban J connectivity index is 3.06. The van der Waals surface area contributed by atoms with Crippen molar-refractivity contribution >= 4 is 33.3 Å². The molecule has 0 saturated carbocycles. The van der Waals surface area contributed by atoms with Gasteiger partial charge in [-0.25, -0.2) is 4.39 Å². The van der Waals surface area contributed by atoms with Crippen LogP contribution in [-0.2, 0) is 6.67 Å². The first-order valence-corrected chi connectivity index (χ1v) is 5.32. The molecule has 76 valence electrons. The lowest BCUT2D eigenvalue weighted by Crippen LogP contribution is -2.10. The van der Waals surface area contributed by atoms with Gasteiger partial charge in [0.1, 0.15) is 6.67 Å². The zero-order valence-corrected chi connectivity index (χ0v) is 9.90. The fourth-order valence-electron chi connectivity index (χ4n) is 1.06. The van der Waals surface area contributed by atoms with Crippen molar-refractivity contribution in [1.29, 1.82) is 0 Å². The minimum absolute atomic E-state index is 0.186. The molecule has 0 N–H and O–H groups in total. The summed E-state index contributed by atoms with van der Waals surface area (Å²) in [6, 6.07) is 4.80. The molecule has 1 unspecified atom stereocenters. The maximum atomic E-state index is 12.5. The summed E-state index contributed by atoms with van der Waals surface area (Å²) in [6.07, 6.45) is 0. The second-order valence-electron chi connectivity index (χ2n) is 2.92. The summed E-state index contributed by atoms with van der Waals surface area (Å²) in [5.41, 5.74) is 0.913. The highest BCUT2D eigenvalue weighted by molar-refractivity contribution is 9.10. The van der Waals surface area contributed by atoms with E-state index in [2.05, 4.69) is 15.9 Å². The molecule has 0 aliphatic heterocycles. The smallest absolute Gasteiger partial charge is 0.180 e. The van der Waals surface area contributed by atoms with Crippen molar-refractivity contribution in [3.05, 3.63) is 33.8 Å². The number of benzene rings is 1. The van der Waals surface area contributed by atoms with Crippen LogP contribution in [0.25, 0.3) is 0 Å². The van der Waals surface area contributed by atoms with Gasteiger partial charge in [0.05, 0.1) is 5.38 Å². The van der Waals surface area contributed by atoms with Crippen LogP contribution in [-0.4, -0.2) is 11.2 Å². The average Bonchev–Trinajstić information content (AvgIpc) is 2.17. The van der Waals surface area contributed by atoms with Crippen LogP contribution in [0.3, 0.4) is 0 Å². The number of hydrogen-bond acceptors (Lipinski definition) is 1. The Labute approximate surface area is 95.4 Å². The molecule has 0 amide bonds. The van der Waals surface area contributed by atoms with Gasteiger partial charge in [-0.1, -0.05) is 22.0 Å². The minimum atomic E-state index is -0.599. The van der Waals surface area contributed by atoms with Gasteiger partial charge < -0.3 is 0 Å². The molecule has 0 radical (unpaired) electrons. The molecule has 14 heavy (non-hydrogen) atoms. The monoisotopic (exact) mass is 278 g/mol. The Morgan fingerprint density at radius 2 is 2.29 bits per heavy atom. The topological polar surface area (TPSA) is 17.1 Å². The van der Waals surface area contributed by atoms with Crippen LogP contribution in [0.1, 0.15) is 22.8 Å². The molecule has 0 heterocycles. The molecule has 0 bridgehead atoms. The van der Waals surface area contributed by atoms with E-state index in [1.54, 1.807) is 19.1 Å². The normalized spacial score (nSPS) is 12.6. The number of carbonyl (C=O) groups is 1. The summed E-state index contributed by atoms with van der Waals surface area (Å²) in [6.45, 7) is 0.999. The zero-order valence-electron chi connectivity index (χ0n) is 7.56. The molecule has 1 aromatic rings. The third kappa shape index (κ3) is 2.55. The summed E-state index contributed by atoms with van der Waals surface area (Å²) in [5.74, 6) is -0.186. The zero-order chi connectivity index (χ0) is 10.7. The highest BCUT2D eigenvalue weighted by Crippen LogP contribution is 2.20. The van der Waals surface area contributed by atoms with Crippen molar-refractivity contribution in [2.45, 2.75) is 19.0 Å². The van der Waals surface area contributed by atoms with E-state index in [1.165, 1.54) is 6.07 Å². The summed E-state index contributed by atoms with van der Waals surface area (Å²) in [7, 11) is 0. The van der Waals surface area contributed by atoms with E-state index in [0.29, 0.717) is 15.6 Å². The van der Waals surface area contributed by atoms with Crippen LogP contribution in [0.5, 0.6) is 0 Å². The Hall–Kier alpha value is -0.410. The van der Waals surface area contributed by atoms with Crippen LogP contribution in [0.2, 0.25) is 0 Å². The maximum Gasteiger partial charge on any atom is 0.180 e. The molecule has 1 nitrogen and oxygen atoms in total. The first kappa shape index (κ1) is 11.7. The van der Waals surface area contributed by atoms with Crippen LogP contribution in [0.15, 0.2) is 22.7 Å². The minimum Gasteiger partial charge on any atom is -0.293 e.